The van der Waals surface area contributed by atoms with Crippen LogP contribution in [-0.2, 0) is 20.9 Å². The normalized spacial score (nSPS) is 11.7. The van der Waals surface area contributed by atoms with Crippen LogP contribution in [0.5, 0.6) is 5.75 Å². The van der Waals surface area contributed by atoms with Crippen LogP contribution in [-0.4, -0.2) is 29.2 Å². The molecule has 0 bridgehead atoms. The third-order valence-electron chi connectivity index (χ3n) is 4.32. The molecule has 0 aliphatic heterocycles. The van der Waals surface area contributed by atoms with E-state index < -0.39 is 29.4 Å². The first-order chi connectivity index (χ1) is 14.4. The lowest BCUT2D eigenvalue weighted by Gasteiger charge is -2.15. The van der Waals surface area contributed by atoms with E-state index in [1.165, 1.54) is 29.0 Å². The van der Waals surface area contributed by atoms with E-state index in [9.17, 15) is 18.8 Å². The van der Waals surface area contributed by atoms with E-state index in [0.717, 1.165) is 0 Å². The molecule has 0 saturated carbocycles. The highest BCUT2D eigenvalue weighted by Gasteiger charge is 2.18. The van der Waals surface area contributed by atoms with Crippen molar-refractivity contribution in [1.29, 1.82) is 0 Å². The summed E-state index contributed by atoms with van der Waals surface area (Å²) in [5.74, 6) is -1.08. The topological polar surface area (TPSA) is 86.6 Å². The van der Waals surface area contributed by atoms with Crippen LogP contribution in [0.3, 0.4) is 0 Å². The van der Waals surface area contributed by atoms with Crippen molar-refractivity contribution in [2.75, 3.05) is 11.9 Å². The predicted octanol–water partition coefficient (Wildman–Crippen LogP) is 3.11. The first-order valence-electron chi connectivity index (χ1n) is 9.40. The zero-order valence-electron chi connectivity index (χ0n) is 16.6. The van der Waals surface area contributed by atoms with Crippen molar-refractivity contribution in [3.05, 3.63) is 70.9 Å². The van der Waals surface area contributed by atoms with Crippen molar-refractivity contribution in [1.82, 2.24) is 4.57 Å². The number of carbonyl (C=O) groups excluding carboxylic acids is 2. The standard InChI is InChI=1S/C22H21FN2O5/c1-3-29-22(28)14(2)30-19-9-5-8-18-17(19)10-11-25(21(18)27)13-20(26)24-16-7-4-6-15(23)12-16/h4-12,14H,3,13H2,1-2H3,(H,24,26)/t14-/m1/s1. The number of rotatable bonds is 7. The first-order valence-corrected chi connectivity index (χ1v) is 9.40. The van der Waals surface area contributed by atoms with Gasteiger partial charge in [-0.25, -0.2) is 9.18 Å². The van der Waals surface area contributed by atoms with Gasteiger partial charge in [-0.05, 0) is 50.2 Å². The number of carbonyl (C=O) groups is 2. The molecule has 1 N–H and O–H groups in total. The van der Waals surface area contributed by atoms with Gasteiger partial charge in [0.15, 0.2) is 6.10 Å². The maximum Gasteiger partial charge on any atom is 0.347 e. The summed E-state index contributed by atoms with van der Waals surface area (Å²) in [6, 6.07) is 12.0. The fourth-order valence-electron chi connectivity index (χ4n) is 2.94. The molecule has 2 aromatic carbocycles. The quantitative estimate of drug-likeness (QED) is 0.603. The number of esters is 1. The summed E-state index contributed by atoms with van der Waals surface area (Å²) >= 11 is 0. The van der Waals surface area contributed by atoms with Gasteiger partial charge in [0.25, 0.3) is 5.56 Å². The fraction of sp³-hybridized carbons (Fsp3) is 0.227. The number of nitrogens with one attached hydrogen (secondary N) is 1. The molecule has 1 aromatic heterocycles. The summed E-state index contributed by atoms with van der Waals surface area (Å²) in [7, 11) is 0. The van der Waals surface area contributed by atoms with Gasteiger partial charge >= 0.3 is 5.97 Å². The van der Waals surface area contributed by atoms with Crippen LogP contribution in [0, 0.1) is 5.82 Å². The average molecular weight is 412 g/mol. The molecule has 1 amide bonds. The number of benzene rings is 2. The number of amides is 1. The number of fused-ring (bicyclic) bond motifs is 1. The molecule has 0 aliphatic carbocycles. The van der Waals surface area contributed by atoms with Gasteiger partial charge in [0, 0.05) is 17.3 Å². The Morgan fingerprint density at radius 3 is 2.63 bits per heavy atom. The Bertz CT molecular complexity index is 1140. The highest BCUT2D eigenvalue weighted by atomic mass is 19.1. The summed E-state index contributed by atoms with van der Waals surface area (Å²) in [6.45, 7) is 3.27. The van der Waals surface area contributed by atoms with Crippen LogP contribution in [0.4, 0.5) is 10.1 Å². The largest absolute Gasteiger partial charge is 0.478 e. The lowest BCUT2D eigenvalue weighted by Crippen LogP contribution is -2.28. The van der Waals surface area contributed by atoms with E-state index >= 15 is 0 Å². The van der Waals surface area contributed by atoms with Crippen LogP contribution in [0.1, 0.15) is 13.8 Å². The zero-order chi connectivity index (χ0) is 21.7. The van der Waals surface area contributed by atoms with E-state index in [2.05, 4.69) is 5.32 Å². The Labute approximate surface area is 172 Å². The SMILES string of the molecule is CCOC(=O)[C@@H](C)Oc1cccc2c(=O)n(CC(=O)Nc3cccc(F)c3)ccc12. The molecule has 156 valence electrons. The number of hydrogen-bond donors (Lipinski definition) is 1. The highest BCUT2D eigenvalue weighted by Crippen LogP contribution is 2.24. The minimum absolute atomic E-state index is 0.240. The number of anilines is 1. The first kappa shape index (κ1) is 21.0. The van der Waals surface area contributed by atoms with Crippen molar-refractivity contribution in [3.63, 3.8) is 0 Å². The van der Waals surface area contributed by atoms with Gasteiger partial charge in [-0.3, -0.25) is 9.59 Å². The number of hydrogen-bond acceptors (Lipinski definition) is 5. The van der Waals surface area contributed by atoms with Gasteiger partial charge in [-0.15, -0.1) is 0 Å². The summed E-state index contributed by atoms with van der Waals surface area (Å²) in [5, 5.41) is 3.41. The number of halogens is 1. The number of aromatic nitrogens is 1. The Morgan fingerprint density at radius 1 is 1.13 bits per heavy atom. The summed E-state index contributed by atoms with van der Waals surface area (Å²) in [4.78, 5) is 36.9. The van der Waals surface area contributed by atoms with Crippen molar-refractivity contribution in [3.8, 4) is 5.75 Å². The number of nitrogens with zero attached hydrogens (tertiary/aromatic N) is 1. The third kappa shape index (κ3) is 4.83. The smallest absolute Gasteiger partial charge is 0.347 e. The molecule has 30 heavy (non-hydrogen) atoms. The second-order valence-electron chi connectivity index (χ2n) is 6.54. The number of ether oxygens (including phenoxy) is 2. The van der Waals surface area contributed by atoms with Gasteiger partial charge < -0.3 is 19.4 Å². The van der Waals surface area contributed by atoms with Gasteiger partial charge in [-0.2, -0.15) is 0 Å². The number of pyridine rings is 1. The maximum absolute atomic E-state index is 13.3. The summed E-state index contributed by atoms with van der Waals surface area (Å²) in [5.41, 5.74) is -0.0893. The van der Waals surface area contributed by atoms with Crippen LogP contribution in [0.2, 0.25) is 0 Å². The molecule has 0 radical (unpaired) electrons. The van der Waals surface area contributed by atoms with E-state index in [1.807, 2.05) is 0 Å². The predicted molar refractivity (Wildman–Crippen MR) is 110 cm³/mol. The Morgan fingerprint density at radius 2 is 1.90 bits per heavy atom. The van der Waals surface area contributed by atoms with E-state index in [0.29, 0.717) is 22.2 Å². The summed E-state index contributed by atoms with van der Waals surface area (Å²) < 4.78 is 25.1. The van der Waals surface area contributed by atoms with E-state index in [1.54, 1.807) is 44.2 Å². The van der Waals surface area contributed by atoms with E-state index in [4.69, 9.17) is 9.47 Å². The molecule has 7 nitrogen and oxygen atoms in total. The van der Waals surface area contributed by atoms with Gasteiger partial charge in [0.2, 0.25) is 5.91 Å². The minimum atomic E-state index is -0.838. The monoisotopic (exact) mass is 412 g/mol. The second kappa shape index (κ2) is 9.21. The van der Waals surface area contributed by atoms with Crippen LogP contribution in [0.25, 0.3) is 10.8 Å². The zero-order valence-corrected chi connectivity index (χ0v) is 16.6. The van der Waals surface area contributed by atoms with Crippen molar-refractivity contribution < 1.29 is 23.5 Å². The van der Waals surface area contributed by atoms with Gasteiger partial charge in [-0.1, -0.05) is 12.1 Å². The van der Waals surface area contributed by atoms with E-state index in [-0.39, 0.29) is 13.2 Å². The highest BCUT2D eigenvalue weighted by molar-refractivity contribution is 5.91. The van der Waals surface area contributed by atoms with Crippen LogP contribution >= 0.6 is 0 Å². The molecule has 0 fully saturated rings. The fourth-order valence-corrected chi connectivity index (χ4v) is 2.94. The van der Waals surface area contributed by atoms with Crippen molar-refractivity contribution in [2.45, 2.75) is 26.5 Å². The molecule has 0 unspecified atom stereocenters. The van der Waals surface area contributed by atoms with Gasteiger partial charge in [0.05, 0.1) is 12.0 Å². The Kier molecular flexibility index (Phi) is 6.46. The molecular formula is C22H21FN2O5. The molecule has 0 spiro atoms. The second-order valence-corrected chi connectivity index (χ2v) is 6.54. The van der Waals surface area contributed by atoms with Crippen molar-refractivity contribution >= 4 is 28.3 Å². The molecule has 8 heteroatoms. The lowest BCUT2D eigenvalue weighted by molar-refractivity contribution is -0.150. The summed E-state index contributed by atoms with van der Waals surface area (Å²) in [6.07, 6.45) is 0.632. The maximum atomic E-state index is 13.3. The van der Waals surface area contributed by atoms with Crippen molar-refractivity contribution in [2.24, 2.45) is 0 Å². The third-order valence-corrected chi connectivity index (χ3v) is 4.32. The van der Waals surface area contributed by atoms with Crippen LogP contribution in [0.15, 0.2) is 59.5 Å². The molecule has 0 saturated heterocycles. The lowest BCUT2D eigenvalue weighted by atomic mass is 10.1. The molecule has 1 heterocycles. The molecular weight excluding hydrogens is 391 g/mol. The Hall–Kier alpha value is -3.68. The van der Waals surface area contributed by atoms with Crippen LogP contribution < -0.4 is 15.6 Å². The molecule has 1 atom stereocenters. The molecule has 3 rings (SSSR count). The molecule has 3 aromatic rings. The Balaban J connectivity index is 1.81. The average Bonchev–Trinajstić information content (AvgIpc) is 2.70. The minimum Gasteiger partial charge on any atom is -0.478 e. The molecule has 0 aliphatic rings. The van der Waals surface area contributed by atoms with Gasteiger partial charge in [0.1, 0.15) is 18.1 Å².